The van der Waals surface area contributed by atoms with Crippen LogP contribution < -0.4 is 10.2 Å². The Morgan fingerprint density at radius 1 is 1.22 bits per heavy atom. The molecule has 6 heteroatoms. The van der Waals surface area contributed by atoms with Crippen LogP contribution in [0.15, 0.2) is 28.8 Å². The number of carbonyl (C=O) groups is 2. The summed E-state index contributed by atoms with van der Waals surface area (Å²) in [4.78, 5) is 31.8. The Kier molecular flexibility index (Phi) is 7.49. The zero-order valence-electron chi connectivity index (χ0n) is 20.2. The number of benzene rings is 1. The van der Waals surface area contributed by atoms with Gasteiger partial charge >= 0.3 is 0 Å². The number of hydrogen-bond donors (Lipinski definition) is 1. The molecule has 1 unspecified atom stereocenters. The SMILES string of the molecule is CCN(c1cc(Cl)cc(C(=O)NCC2C(=O)N=C(C)C=C2C)c1C)C1CCC(C)(C)CC1. The highest BCUT2D eigenvalue weighted by atomic mass is 35.5. The summed E-state index contributed by atoms with van der Waals surface area (Å²) in [5.74, 6) is -0.831. The maximum atomic E-state index is 13.1. The van der Waals surface area contributed by atoms with Crippen molar-refractivity contribution in [2.24, 2.45) is 16.3 Å². The molecule has 5 nitrogen and oxygen atoms in total. The molecule has 1 aromatic carbocycles. The van der Waals surface area contributed by atoms with Gasteiger partial charge in [0.25, 0.3) is 11.8 Å². The van der Waals surface area contributed by atoms with E-state index in [9.17, 15) is 9.59 Å². The standard InChI is InChI=1S/C26H36ClN3O2/c1-7-30(20-8-10-26(5,6)11-9-20)23-14-19(27)13-21(18(23)4)24(31)28-15-22-16(2)12-17(3)29-25(22)32/h12-14,20,22H,7-11,15H2,1-6H3,(H,28,31). The second-order valence-corrected chi connectivity index (χ2v) is 10.5. The van der Waals surface area contributed by atoms with E-state index in [0.29, 0.717) is 27.8 Å². The van der Waals surface area contributed by atoms with Crippen LogP contribution in [0.5, 0.6) is 0 Å². The van der Waals surface area contributed by atoms with Crippen LogP contribution in [0.1, 0.15) is 76.2 Å². The smallest absolute Gasteiger partial charge is 0.254 e. The molecule has 1 fully saturated rings. The van der Waals surface area contributed by atoms with E-state index < -0.39 is 5.92 Å². The van der Waals surface area contributed by atoms with Crippen molar-refractivity contribution in [3.63, 3.8) is 0 Å². The topological polar surface area (TPSA) is 61.8 Å². The lowest BCUT2D eigenvalue weighted by atomic mass is 9.75. The van der Waals surface area contributed by atoms with Crippen LogP contribution in [-0.2, 0) is 4.79 Å². The molecule has 1 aromatic rings. The van der Waals surface area contributed by atoms with Gasteiger partial charge in [0.05, 0.1) is 5.92 Å². The Bertz CT molecular complexity index is 954. The van der Waals surface area contributed by atoms with Gasteiger partial charge in [-0.3, -0.25) is 9.59 Å². The number of aliphatic imine (C=N–C) groups is 1. The van der Waals surface area contributed by atoms with Crippen molar-refractivity contribution in [3.05, 3.63) is 39.9 Å². The summed E-state index contributed by atoms with van der Waals surface area (Å²) in [5, 5.41) is 3.49. The van der Waals surface area contributed by atoms with E-state index in [0.717, 1.165) is 36.2 Å². The summed E-state index contributed by atoms with van der Waals surface area (Å²) in [6.07, 6.45) is 6.58. The second kappa shape index (κ2) is 9.78. The predicted molar refractivity (Wildman–Crippen MR) is 133 cm³/mol. The summed E-state index contributed by atoms with van der Waals surface area (Å²) in [5.41, 5.74) is 4.54. The molecule has 0 saturated heterocycles. The molecule has 0 aromatic heterocycles. The van der Waals surface area contributed by atoms with E-state index in [1.165, 1.54) is 12.8 Å². The fourth-order valence-corrected chi connectivity index (χ4v) is 5.18. The number of carbonyl (C=O) groups excluding carboxylic acids is 2. The lowest BCUT2D eigenvalue weighted by Gasteiger charge is -2.41. The van der Waals surface area contributed by atoms with Gasteiger partial charge in [-0.25, -0.2) is 4.99 Å². The molecule has 0 spiro atoms. The van der Waals surface area contributed by atoms with Gasteiger partial charge in [0.2, 0.25) is 0 Å². The zero-order valence-corrected chi connectivity index (χ0v) is 21.0. The van der Waals surface area contributed by atoms with E-state index in [1.807, 2.05) is 26.0 Å². The Labute approximate surface area is 197 Å². The fourth-order valence-electron chi connectivity index (χ4n) is 4.97. The van der Waals surface area contributed by atoms with Gasteiger partial charge in [-0.15, -0.1) is 0 Å². The van der Waals surface area contributed by atoms with Crippen molar-refractivity contribution >= 4 is 34.8 Å². The molecule has 174 valence electrons. The maximum absolute atomic E-state index is 13.1. The molecule has 1 atom stereocenters. The summed E-state index contributed by atoms with van der Waals surface area (Å²) >= 11 is 6.47. The molecule has 1 saturated carbocycles. The number of dihydropyridines is 1. The third-order valence-electron chi connectivity index (χ3n) is 7.03. The highest BCUT2D eigenvalue weighted by molar-refractivity contribution is 6.31. The number of hydrogen-bond acceptors (Lipinski definition) is 3. The van der Waals surface area contributed by atoms with Crippen molar-refractivity contribution in [1.82, 2.24) is 5.32 Å². The Morgan fingerprint density at radius 2 is 1.88 bits per heavy atom. The third kappa shape index (κ3) is 5.43. The van der Waals surface area contributed by atoms with E-state index >= 15 is 0 Å². The summed E-state index contributed by atoms with van der Waals surface area (Å²) in [7, 11) is 0. The number of rotatable bonds is 6. The molecule has 2 aliphatic rings. The van der Waals surface area contributed by atoms with Crippen molar-refractivity contribution in [2.45, 2.75) is 73.3 Å². The minimum atomic E-state index is -0.417. The molecule has 3 rings (SSSR count). The Hall–Kier alpha value is -2.14. The number of nitrogens with zero attached hydrogens (tertiary/aromatic N) is 2. The molecule has 1 aliphatic heterocycles. The van der Waals surface area contributed by atoms with Crippen LogP contribution in [0.4, 0.5) is 5.69 Å². The molecule has 1 heterocycles. The second-order valence-electron chi connectivity index (χ2n) is 10.0. The largest absolute Gasteiger partial charge is 0.369 e. The minimum Gasteiger partial charge on any atom is -0.369 e. The summed E-state index contributed by atoms with van der Waals surface area (Å²) < 4.78 is 0. The monoisotopic (exact) mass is 457 g/mol. The molecule has 0 radical (unpaired) electrons. The molecular formula is C26H36ClN3O2. The van der Waals surface area contributed by atoms with Crippen LogP contribution in [-0.4, -0.2) is 36.7 Å². The predicted octanol–water partition coefficient (Wildman–Crippen LogP) is 5.74. The van der Waals surface area contributed by atoms with Gasteiger partial charge in [-0.2, -0.15) is 0 Å². The van der Waals surface area contributed by atoms with E-state index in [2.05, 4.69) is 36.0 Å². The van der Waals surface area contributed by atoms with Crippen molar-refractivity contribution in [2.75, 3.05) is 18.0 Å². The number of amides is 2. The maximum Gasteiger partial charge on any atom is 0.254 e. The van der Waals surface area contributed by atoms with Crippen LogP contribution >= 0.6 is 11.6 Å². The first-order valence-corrected chi connectivity index (χ1v) is 12.0. The zero-order chi connectivity index (χ0) is 23.6. The van der Waals surface area contributed by atoms with Gasteiger partial charge in [-0.1, -0.05) is 31.0 Å². The first kappa shape index (κ1) is 24.5. The Balaban J connectivity index is 1.79. The van der Waals surface area contributed by atoms with Crippen molar-refractivity contribution in [1.29, 1.82) is 0 Å². The molecule has 32 heavy (non-hydrogen) atoms. The normalized spacial score (nSPS) is 21.1. The first-order chi connectivity index (χ1) is 15.0. The lowest BCUT2D eigenvalue weighted by molar-refractivity contribution is -0.120. The number of anilines is 1. The van der Waals surface area contributed by atoms with Crippen molar-refractivity contribution < 1.29 is 9.59 Å². The Morgan fingerprint density at radius 3 is 2.47 bits per heavy atom. The summed E-state index contributed by atoms with van der Waals surface area (Å²) in [6, 6.07) is 4.16. The molecular weight excluding hydrogens is 422 g/mol. The molecule has 2 amide bonds. The average molecular weight is 458 g/mol. The fraction of sp³-hybridized carbons (Fsp3) is 0.577. The van der Waals surface area contributed by atoms with E-state index in [4.69, 9.17) is 11.6 Å². The average Bonchev–Trinajstić information content (AvgIpc) is 2.70. The lowest BCUT2D eigenvalue weighted by Crippen LogP contribution is -2.40. The van der Waals surface area contributed by atoms with Gasteiger partial charge in [0.1, 0.15) is 0 Å². The third-order valence-corrected chi connectivity index (χ3v) is 7.25. The van der Waals surface area contributed by atoms with Crippen LogP contribution in [0, 0.1) is 18.3 Å². The summed E-state index contributed by atoms with van der Waals surface area (Å²) in [6.45, 7) is 13.6. The molecule has 1 aliphatic carbocycles. The number of halogens is 1. The van der Waals surface area contributed by atoms with Gasteiger partial charge < -0.3 is 10.2 Å². The minimum absolute atomic E-state index is 0.205. The van der Waals surface area contributed by atoms with Crippen LogP contribution in [0.3, 0.4) is 0 Å². The number of allylic oxidation sites excluding steroid dienone is 1. The molecule has 1 N–H and O–H groups in total. The van der Waals surface area contributed by atoms with Gasteiger partial charge in [0.15, 0.2) is 0 Å². The number of nitrogens with one attached hydrogen (secondary N) is 1. The quantitative estimate of drug-likeness (QED) is 0.592. The van der Waals surface area contributed by atoms with Crippen LogP contribution in [0.25, 0.3) is 0 Å². The van der Waals surface area contributed by atoms with Crippen LogP contribution in [0.2, 0.25) is 5.02 Å². The van der Waals surface area contributed by atoms with E-state index in [1.54, 1.807) is 13.0 Å². The highest BCUT2D eigenvalue weighted by Crippen LogP contribution is 2.39. The molecule has 0 bridgehead atoms. The van der Waals surface area contributed by atoms with E-state index in [-0.39, 0.29) is 18.4 Å². The van der Waals surface area contributed by atoms with Crippen molar-refractivity contribution in [3.8, 4) is 0 Å². The first-order valence-electron chi connectivity index (χ1n) is 11.6. The highest BCUT2D eigenvalue weighted by Gasteiger charge is 2.31. The van der Waals surface area contributed by atoms with Gasteiger partial charge in [0, 0.05) is 41.1 Å². The van der Waals surface area contributed by atoms with Gasteiger partial charge in [-0.05, 0) is 82.6 Å².